The van der Waals surface area contributed by atoms with E-state index in [0.717, 1.165) is 25.9 Å². The first-order valence-corrected chi connectivity index (χ1v) is 10.5. The fourth-order valence-electron chi connectivity index (χ4n) is 3.21. The molecule has 2 aromatic heterocycles. The Bertz CT molecular complexity index is 1420. The van der Waals surface area contributed by atoms with Gasteiger partial charge in [0.15, 0.2) is 0 Å². The molecule has 0 spiro atoms. The van der Waals surface area contributed by atoms with E-state index in [4.69, 9.17) is 11.6 Å². The van der Waals surface area contributed by atoms with E-state index in [9.17, 15) is 14.4 Å². The van der Waals surface area contributed by atoms with Crippen molar-refractivity contribution in [2.24, 2.45) is 0 Å². The first-order valence-electron chi connectivity index (χ1n) is 10.2. The summed E-state index contributed by atoms with van der Waals surface area (Å²) in [6.45, 7) is 1.97. The Balaban J connectivity index is 1.80. The number of hydrogen-bond donors (Lipinski definition) is 1. The summed E-state index contributed by atoms with van der Waals surface area (Å²) in [5.41, 5.74) is 0.812. The summed E-state index contributed by atoms with van der Waals surface area (Å²) in [6.07, 6.45) is 3.23. The molecule has 2 heterocycles. The molecule has 166 valence electrons. The molecule has 0 unspecified atom stereocenters. The van der Waals surface area contributed by atoms with Gasteiger partial charge in [-0.3, -0.25) is 19.1 Å². The molecular weight excluding hydrogens is 442 g/mol. The van der Waals surface area contributed by atoms with Gasteiger partial charge in [-0.05, 0) is 41.8 Å². The van der Waals surface area contributed by atoms with Crippen molar-refractivity contribution in [2.75, 3.05) is 0 Å². The molecular formula is C24H20ClN5O3. The molecule has 0 atom stereocenters. The van der Waals surface area contributed by atoms with Crippen LogP contribution in [0.1, 0.15) is 27.2 Å². The third-order valence-electron chi connectivity index (χ3n) is 5.03. The molecule has 0 fully saturated rings. The van der Waals surface area contributed by atoms with E-state index in [2.05, 4.69) is 15.4 Å². The Kier molecular flexibility index (Phi) is 6.46. The van der Waals surface area contributed by atoms with E-state index in [1.54, 1.807) is 67.0 Å². The molecule has 1 amide bonds. The SMILES string of the molecule is Cc1ccc(-n2nc(C(=O)NCc3cccnc3)c(=O)n(Cc3ccccc3)c2=O)cc1Cl. The molecule has 2 aromatic carbocycles. The lowest BCUT2D eigenvalue weighted by Gasteiger charge is -2.13. The second kappa shape index (κ2) is 9.62. The smallest absolute Gasteiger partial charge is 0.346 e. The van der Waals surface area contributed by atoms with Crippen molar-refractivity contribution in [1.29, 1.82) is 0 Å². The van der Waals surface area contributed by atoms with Crippen LogP contribution in [0.15, 0.2) is 82.6 Å². The monoisotopic (exact) mass is 461 g/mol. The summed E-state index contributed by atoms with van der Waals surface area (Å²) < 4.78 is 2.02. The van der Waals surface area contributed by atoms with Gasteiger partial charge < -0.3 is 5.32 Å². The number of pyridine rings is 1. The van der Waals surface area contributed by atoms with Crippen LogP contribution in [0.25, 0.3) is 5.69 Å². The molecule has 9 heteroatoms. The average Bonchev–Trinajstić information content (AvgIpc) is 2.83. The summed E-state index contributed by atoms with van der Waals surface area (Å²) in [6, 6.07) is 17.5. The number of benzene rings is 2. The minimum Gasteiger partial charge on any atom is -0.346 e. The zero-order chi connectivity index (χ0) is 23.4. The van der Waals surface area contributed by atoms with Crippen LogP contribution in [-0.4, -0.2) is 25.2 Å². The lowest BCUT2D eigenvalue weighted by atomic mass is 10.2. The topological polar surface area (TPSA) is 98.9 Å². The highest BCUT2D eigenvalue weighted by Gasteiger charge is 2.20. The molecule has 8 nitrogen and oxygen atoms in total. The fourth-order valence-corrected chi connectivity index (χ4v) is 3.39. The molecule has 0 saturated carbocycles. The quantitative estimate of drug-likeness (QED) is 0.476. The van der Waals surface area contributed by atoms with Gasteiger partial charge >= 0.3 is 5.69 Å². The number of aromatic nitrogens is 4. The largest absolute Gasteiger partial charge is 0.352 e. The highest BCUT2D eigenvalue weighted by molar-refractivity contribution is 6.31. The molecule has 1 N–H and O–H groups in total. The minimum atomic E-state index is -0.776. The number of hydrogen-bond acceptors (Lipinski definition) is 5. The normalized spacial score (nSPS) is 10.7. The minimum absolute atomic E-state index is 0.0104. The van der Waals surface area contributed by atoms with Crippen LogP contribution in [-0.2, 0) is 13.1 Å². The molecule has 4 rings (SSSR count). The van der Waals surface area contributed by atoms with E-state index in [1.165, 1.54) is 0 Å². The number of carbonyl (C=O) groups excluding carboxylic acids is 1. The van der Waals surface area contributed by atoms with Crippen LogP contribution < -0.4 is 16.6 Å². The molecule has 0 aliphatic carbocycles. The standard InChI is InChI=1S/C24H20ClN5O3/c1-16-9-10-19(12-20(16)25)30-24(33)29(15-17-6-3-2-4-7-17)23(32)21(28-30)22(31)27-14-18-8-5-11-26-13-18/h2-13H,14-15H2,1H3,(H,27,31). The van der Waals surface area contributed by atoms with Crippen LogP contribution in [0.5, 0.6) is 0 Å². The molecule has 0 aliphatic rings. The van der Waals surface area contributed by atoms with E-state index < -0.39 is 22.9 Å². The molecule has 0 radical (unpaired) electrons. The maximum atomic E-state index is 13.2. The van der Waals surface area contributed by atoms with Crippen LogP contribution in [0.2, 0.25) is 5.02 Å². The van der Waals surface area contributed by atoms with Gasteiger partial charge in [0.2, 0.25) is 5.69 Å². The zero-order valence-electron chi connectivity index (χ0n) is 17.7. The van der Waals surface area contributed by atoms with Crippen LogP contribution in [0.3, 0.4) is 0 Å². The van der Waals surface area contributed by atoms with Gasteiger partial charge in [-0.15, -0.1) is 0 Å². The van der Waals surface area contributed by atoms with Gasteiger partial charge in [0, 0.05) is 24.0 Å². The zero-order valence-corrected chi connectivity index (χ0v) is 18.5. The van der Waals surface area contributed by atoms with E-state index in [-0.39, 0.29) is 13.1 Å². The molecule has 0 bridgehead atoms. The van der Waals surface area contributed by atoms with Gasteiger partial charge in [-0.25, -0.2) is 4.79 Å². The Hall–Kier alpha value is -4.04. The molecule has 4 aromatic rings. The van der Waals surface area contributed by atoms with Gasteiger partial charge in [0.1, 0.15) is 0 Å². The first-order chi connectivity index (χ1) is 15.9. The van der Waals surface area contributed by atoms with Crippen molar-refractivity contribution in [3.05, 3.63) is 121 Å². The highest BCUT2D eigenvalue weighted by atomic mass is 35.5. The van der Waals surface area contributed by atoms with E-state index in [1.807, 2.05) is 13.0 Å². The number of carbonyl (C=O) groups is 1. The number of nitrogens with zero attached hydrogens (tertiary/aromatic N) is 4. The van der Waals surface area contributed by atoms with Gasteiger partial charge in [0.25, 0.3) is 11.5 Å². The number of halogens is 1. The van der Waals surface area contributed by atoms with Crippen molar-refractivity contribution >= 4 is 17.5 Å². The highest BCUT2D eigenvalue weighted by Crippen LogP contribution is 2.18. The van der Waals surface area contributed by atoms with E-state index in [0.29, 0.717) is 10.7 Å². The molecule has 0 aliphatic heterocycles. The van der Waals surface area contributed by atoms with Crippen molar-refractivity contribution in [3.63, 3.8) is 0 Å². The summed E-state index contributed by atoms with van der Waals surface area (Å²) in [5, 5.41) is 7.22. The van der Waals surface area contributed by atoms with Gasteiger partial charge in [0.05, 0.1) is 12.2 Å². The Morgan fingerprint density at radius 1 is 1.03 bits per heavy atom. The lowest BCUT2D eigenvalue weighted by molar-refractivity contribution is 0.0941. The second-order valence-corrected chi connectivity index (χ2v) is 7.80. The molecule has 33 heavy (non-hydrogen) atoms. The summed E-state index contributed by atoms with van der Waals surface area (Å²) in [7, 11) is 0. The number of rotatable bonds is 6. The fraction of sp³-hybridized carbons (Fsp3) is 0.125. The first kappa shape index (κ1) is 22.2. The second-order valence-electron chi connectivity index (χ2n) is 7.40. The predicted octanol–water partition coefficient (Wildman–Crippen LogP) is 2.73. The summed E-state index contributed by atoms with van der Waals surface area (Å²) in [4.78, 5) is 43.3. The summed E-state index contributed by atoms with van der Waals surface area (Å²) >= 11 is 6.24. The molecule has 0 saturated heterocycles. The predicted molar refractivity (Wildman–Crippen MR) is 125 cm³/mol. The van der Waals surface area contributed by atoms with E-state index >= 15 is 0 Å². The Labute approximate surface area is 194 Å². The maximum absolute atomic E-state index is 13.2. The number of amides is 1. The Morgan fingerprint density at radius 2 is 1.79 bits per heavy atom. The summed E-state index contributed by atoms with van der Waals surface area (Å²) in [5.74, 6) is -0.697. The average molecular weight is 462 g/mol. The third-order valence-corrected chi connectivity index (χ3v) is 5.44. The van der Waals surface area contributed by atoms with Crippen LogP contribution in [0.4, 0.5) is 0 Å². The van der Waals surface area contributed by atoms with Crippen molar-refractivity contribution < 1.29 is 4.79 Å². The number of aryl methyl sites for hydroxylation is 1. The van der Waals surface area contributed by atoms with Crippen LogP contribution >= 0.6 is 11.6 Å². The van der Waals surface area contributed by atoms with Gasteiger partial charge in [-0.2, -0.15) is 9.78 Å². The van der Waals surface area contributed by atoms with Crippen molar-refractivity contribution in [1.82, 2.24) is 24.6 Å². The maximum Gasteiger partial charge on any atom is 0.352 e. The van der Waals surface area contributed by atoms with Crippen molar-refractivity contribution in [2.45, 2.75) is 20.0 Å². The van der Waals surface area contributed by atoms with Crippen LogP contribution in [0, 0.1) is 6.92 Å². The van der Waals surface area contributed by atoms with Crippen molar-refractivity contribution in [3.8, 4) is 5.69 Å². The van der Waals surface area contributed by atoms with Gasteiger partial charge in [-0.1, -0.05) is 54.1 Å². The Morgan fingerprint density at radius 3 is 2.48 bits per heavy atom. The third kappa shape index (κ3) is 4.91. The number of nitrogens with one attached hydrogen (secondary N) is 1. The lowest BCUT2D eigenvalue weighted by Crippen LogP contribution is -2.46.